The number of hydrogen-bond acceptors (Lipinski definition) is 5. The lowest BCUT2D eigenvalue weighted by Gasteiger charge is -2.39. The van der Waals surface area contributed by atoms with Crippen LogP contribution in [0.25, 0.3) is 0 Å². The normalized spacial score (nSPS) is 29.5. The number of likely N-dealkylation sites (tertiary alicyclic amines) is 1. The zero-order valence-electron chi connectivity index (χ0n) is 24.6. The monoisotopic (exact) mass is 569 g/mol. The number of carbonyl (C=O) groups is 3. The summed E-state index contributed by atoms with van der Waals surface area (Å²) in [6.07, 6.45) is 7.39. The highest BCUT2D eigenvalue weighted by atomic mass is 16.5. The van der Waals surface area contributed by atoms with Gasteiger partial charge in [0.2, 0.25) is 11.8 Å². The highest BCUT2D eigenvalue weighted by molar-refractivity contribution is 6.07. The third kappa shape index (κ3) is 4.39. The minimum Gasteiger partial charge on any atom is -0.394 e. The van der Waals surface area contributed by atoms with Crippen molar-refractivity contribution in [2.45, 2.75) is 57.9 Å². The molecule has 4 aliphatic heterocycles. The lowest BCUT2D eigenvalue weighted by Crippen LogP contribution is -2.58. The van der Waals surface area contributed by atoms with E-state index in [0.29, 0.717) is 19.5 Å². The number of anilines is 2. The Kier molecular flexibility index (Phi) is 7.31. The van der Waals surface area contributed by atoms with Gasteiger partial charge in [-0.1, -0.05) is 68.5 Å². The molecule has 1 unspecified atom stereocenters. The number of nitrogens with zero attached hydrogens (tertiary/aromatic N) is 3. The number of aliphatic hydroxyl groups is 1. The minimum absolute atomic E-state index is 0.169. The molecule has 8 nitrogen and oxygen atoms in total. The van der Waals surface area contributed by atoms with E-state index in [1.807, 2.05) is 101 Å². The van der Waals surface area contributed by atoms with Gasteiger partial charge in [-0.05, 0) is 55.5 Å². The van der Waals surface area contributed by atoms with Crippen LogP contribution in [0.3, 0.4) is 0 Å². The van der Waals surface area contributed by atoms with Gasteiger partial charge in [0.15, 0.2) is 0 Å². The number of carbonyl (C=O) groups excluding carboxylic acids is 3. The second-order valence-electron chi connectivity index (χ2n) is 12.4. The summed E-state index contributed by atoms with van der Waals surface area (Å²) in [6, 6.07) is 13.8. The van der Waals surface area contributed by atoms with Crippen LogP contribution in [0.15, 0.2) is 72.8 Å². The van der Waals surface area contributed by atoms with E-state index >= 15 is 0 Å². The van der Waals surface area contributed by atoms with E-state index in [1.54, 1.807) is 14.7 Å². The maximum absolute atomic E-state index is 14.7. The molecule has 2 saturated heterocycles. The molecule has 4 heterocycles. The minimum atomic E-state index is -1.35. The summed E-state index contributed by atoms with van der Waals surface area (Å²) >= 11 is 0. The van der Waals surface area contributed by atoms with Gasteiger partial charge in [-0.15, -0.1) is 0 Å². The summed E-state index contributed by atoms with van der Waals surface area (Å²) in [5.74, 6) is -2.33. The SMILES string of the molecule is Cc1ccc(C)c(N2CC=C[C@]34O[C@@H]5C=CCN(c6ccccc6)C(=O)[C@@H]5[C@H]3C(=O)N([C@@H](CO)CC(C)C)C4C2=O)c1. The van der Waals surface area contributed by atoms with Crippen molar-refractivity contribution in [3.63, 3.8) is 0 Å². The van der Waals surface area contributed by atoms with E-state index < -0.39 is 35.6 Å². The van der Waals surface area contributed by atoms with E-state index in [0.717, 1.165) is 22.5 Å². The third-order valence-electron chi connectivity index (χ3n) is 9.17. The average molecular weight is 570 g/mol. The van der Waals surface area contributed by atoms with Crippen LogP contribution in [-0.4, -0.2) is 71.2 Å². The first-order chi connectivity index (χ1) is 20.2. The zero-order chi connectivity index (χ0) is 29.8. The van der Waals surface area contributed by atoms with E-state index in [4.69, 9.17) is 4.74 Å². The van der Waals surface area contributed by atoms with Crippen LogP contribution >= 0.6 is 0 Å². The van der Waals surface area contributed by atoms with Gasteiger partial charge >= 0.3 is 0 Å². The van der Waals surface area contributed by atoms with Gasteiger partial charge in [0.1, 0.15) is 11.6 Å². The summed E-state index contributed by atoms with van der Waals surface area (Å²) in [7, 11) is 0. The molecular formula is C34H39N3O5. The van der Waals surface area contributed by atoms with Gasteiger partial charge in [0.25, 0.3) is 5.91 Å². The fourth-order valence-corrected chi connectivity index (χ4v) is 7.36. The van der Waals surface area contributed by atoms with Crippen molar-refractivity contribution in [1.82, 2.24) is 4.90 Å². The number of aryl methyl sites for hydroxylation is 2. The van der Waals surface area contributed by atoms with Gasteiger partial charge in [-0.3, -0.25) is 14.4 Å². The Bertz CT molecular complexity index is 1450. The molecule has 4 aliphatic rings. The molecule has 220 valence electrons. The predicted molar refractivity (Wildman–Crippen MR) is 161 cm³/mol. The molecule has 0 aromatic heterocycles. The Labute approximate surface area is 247 Å². The Balaban J connectivity index is 1.49. The van der Waals surface area contributed by atoms with Crippen molar-refractivity contribution in [3.8, 4) is 0 Å². The summed E-state index contributed by atoms with van der Waals surface area (Å²) < 4.78 is 6.79. The van der Waals surface area contributed by atoms with Crippen molar-refractivity contribution in [2.24, 2.45) is 17.8 Å². The Morgan fingerprint density at radius 3 is 2.40 bits per heavy atom. The molecule has 1 spiro atoms. The summed E-state index contributed by atoms with van der Waals surface area (Å²) in [5.41, 5.74) is 2.14. The molecule has 42 heavy (non-hydrogen) atoms. The number of fused-ring (bicyclic) bond motifs is 2. The molecule has 3 amide bonds. The standard InChI is InChI=1S/C34H39N3O5/c1-21(2)18-25(20-38)37-30-33(41)36(26-19-22(3)13-14-23(26)4)17-9-15-34(30)29(32(37)40)28-27(42-34)12-8-16-35(31(28)39)24-10-6-5-7-11-24/h5-15,19,21,25,27-30,38H,16-18,20H2,1-4H3/t25-,27-,28+,29+,30?,34+/m1/s1. The van der Waals surface area contributed by atoms with Gasteiger partial charge in [0, 0.05) is 24.5 Å². The molecule has 6 atom stereocenters. The first-order valence-corrected chi connectivity index (χ1v) is 14.9. The van der Waals surface area contributed by atoms with Crippen molar-refractivity contribution < 1.29 is 24.2 Å². The summed E-state index contributed by atoms with van der Waals surface area (Å²) in [4.78, 5) is 48.7. The molecule has 6 rings (SSSR count). The number of para-hydroxylation sites is 1. The van der Waals surface area contributed by atoms with Crippen molar-refractivity contribution in [2.75, 3.05) is 29.5 Å². The maximum atomic E-state index is 14.7. The van der Waals surface area contributed by atoms with Crippen LogP contribution < -0.4 is 9.80 Å². The molecule has 0 saturated carbocycles. The fourth-order valence-electron chi connectivity index (χ4n) is 7.36. The van der Waals surface area contributed by atoms with Crippen molar-refractivity contribution >= 4 is 29.1 Å². The maximum Gasteiger partial charge on any atom is 0.253 e. The molecule has 0 aliphatic carbocycles. The van der Waals surface area contributed by atoms with Gasteiger partial charge in [-0.25, -0.2) is 0 Å². The van der Waals surface area contributed by atoms with Crippen LogP contribution in [0.5, 0.6) is 0 Å². The average Bonchev–Trinajstić information content (AvgIpc) is 3.29. The summed E-state index contributed by atoms with van der Waals surface area (Å²) in [6.45, 7) is 8.39. The molecule has 2 aromatic carbocycles. The van der Waals surface area contributed by atoms with Crippen LogP contribution in [0.1, 0.15) is 31.4 Å². The first kappa shape index (κ1) is 28.4. The van der Waals surface area contributed by atoms with E-state index in [1.165, 1.54) is 0 Å². The van der Waals surface area contributed by atoms with E-state index in [9.17, 15) is 19.5 Å². The first-order valence-electron chi connectivity index (χ1n) is 14.9. The van der Waals surface area contributed by atoms with Gasteiger partial charge in [0.05, 0.1) is 30.6 Å². The zero-order valence-corrected chi connectivity index (χ0v) is 24.6. The quantitative estimate of drug-likeness (QED) is 0.535. The number of rotatable bonds is 6. The number of benzene rings is 2. The molecule has 0 bridgehead atoms. The number of hydrogen-bond donors (Lipinski definition) is 1. The van der Waals surface area contributed by atoms with E-state index in [2.05, 4.69) is 0 Å². The number of aliphatic hydroxyl groups excluding tert-OH is 1. The molecule has 0 radical (unpaired) electrons. The van der Waals surface area contributed by atoms with Gasteiger partial charge in [-0.2, -0.15) is 0 Å². The Morgan fingerprint density at radius 1 is 0.952 bits per heavy atom. The number of amides is 3. The second kappa shape index (κ2) is 10.8. The summed E-state index contributed by atoms with van der Waals surface area (Å²) in [5, 5.41) is 10.6. The highest BCUT2D eigenvalue weighted by Gasteiger charge is 2.72. The van der Waals surface area contributed by atoms with Crippen LogP contribution in [0.4, 0.5) is 11.4 Å². The molecule has 8 heteroatoms. The third-order valence-corrected chi connectivity index (χ3v) is 9.17. The van der Waals surface area contributed by atoms with Crippen LogP contribution in [0, 0.1) is 31.6 Å². The molecule has 2 fully saturated rings. The van der Waals surface area contributed by atoms with Gasteiger partial charge < -0.3 is 24.5 Å². The lowest BCUT2D eigenvalue weighted by atomic mass is 9.77. The largest absolute Gasteiger partial charge is 0.394 e. The molecular weight excluding hydrogens is 530 g/mol. The Hall–Kier alpha value is -3.75. The predicted octanol–water partition coefficient (Wildman–Crippen LogP) is 3.80. The van der Waals surface area contributed by atoms with Crippen molar-refractivity contribution in [3.05, 3.63) is 84.0 Å². The van der Waals surface area contributed by atoms with Crippen LogP contribution in [0.2, 0.25) is 0 Å². The highest BCUT2D eigenvalue weighted by Crippen LogP contribution is 2.54. The van der Waals surface area contributed by atoms with E-state index in [-0.39, 0.29) is 30.2 Å². The topological polar surface area (TPSA) is 90.4 Å². The lowest BCUT2D eigenvalue weighted by molar-refractivity contribution is -0.144. The van der Waals surface area contributed by atoms with Crippen molar-refractivity contribution in [1.29, 1.82) is 0 Å². The Morgan fingerprint density at radius 2 is 1.69 bits per heavy atom. The smallest absolute Gasteiger partial charge is 0.253 e. The molecule has 2 aromatic rings. The van der Waals surface area contributed by atoms with Crippen LogP contribution in [-0.2, 0) is 19.1 Å². The second-order valence-corrected chi connectivity index (χ2v) is 12.4. The fraction of sp³-hybridized carbons (Fsp3) is 0.441. The molecule has 1 N–H and O–H groups in total. The number of ether oxygens (including phenoxy) is 1.